The first-order valence-electron chi connectivity index (χ1n) is 7.03. The highest BCUT2D eigenvalue weighted by molar-refractivity contribution is 6.08. The Labute approximate surface area is 128 Å². The summed E-state index contributed by atoms with van der Waals surface area (Å²) in [4.78, 5) is 36.2. The number of ether oxygens (including phenoxy) is 1. The first kappa shape index (κ1) is 15.8. The molecule has 4 amide bonds. The third-order valence-corrected chi connectivity index (χ3v) is 3.55. The smallest absolute Gasteiger partial charge is 0.344 e. The van der Waals surface area contributed by atoms with Crippen molar-refractivity contribution in [2.75, 3.05) is 7.11 Å². The summed E-state index contributed by atoms with van der Waals surface area (Å²) in [5.74, 6) is -0.328. The van der Waals surface area contributed by atoms with E-state index in [1.54, 1.807) is 31.2 Å². The van der Waals surface area contributed by atoms with E-state index in [-0.39, 0.29) is 12.3 Å². The average molecular weight is 305 g/mol. The van der Waals surface area contributed by atoms with Crippen molar-refractivity contribution in [3.05, 3.63) is 29.8 Å². The van der Waals surface area contributed by atoms with E-state index in [0.717, 1.165) is 5.01 Å². The predicted octanol–water partition coefficient (Wildman–Crippen LogP) is 1.29. The molecular weight excluding hydrogens is 286 g/mol. The number of hydrogen-bond donors (Lipinski definition) is 2. The molecule has 1 aromatic rings. The van der Waals surface area contributed by atoms with Gasteiger partial charge in [-0.15, -0.1) is 0 Å². The Bertz CT molecular complexity index is 617. The fraction of sp³-hybridized carbons (Fsp3) is 0.400. The van der Waals surface area contributed by atoms with Gasteiger partial charge in [-0.25, -0.2) is 4.79 Å². The molecule has 118 valence electrons. The molecule has 0 radical (unpaired) electrons. The lowest BCUT2D eigenvalue weighted by Gasteiger charge is -2.22. The quantitative estimate of drug-likeness (QED) is 0.803. The number of rotatable bonds is 5. The van der Waals surface area contributed by atoms with Gasteiger partial charge in [-0.1, -0.05) is 19.1 Å². The highest BCUT2D eigenvalue weighted by Crippen LogP contribution is 2.30. The van der Waals surface area contributed by atoms with E-state index in [4.69, 9.17) is 4.74 Å². The van der Waals surface area contributed by atoms with Gasteiger partial charge < -0.3 is 10.1 Å². The molecule has 0 spiro atoms. The zero-order valence-corrected chi connectivity index (χ0v) is 12.8. The zero-order chi connectivity index (χ0) is 16.3. The van der Waals surface area contributed by atoms with Crippen molar-refractivity contribution in [1.29, 1.82) is 0 Å². The van der Waals surface area contributed by atoms with Gasteiger partial charge in [0.1, 0.15) is 11.3 Å². The van der Waals surface area contributed by atoms with E-state index in [9.17, 15) is 14.4 Å². The number of methoxy groups -OCH3 is 1. The normalized spacial score (nSPS) is 20.8. The molecule has 0 aliphatic carbocycles. The molecule has 7 heteroatoms. The molecule has 22 heavy (non-hydrogen) atoms. The summed E-state index contributed by atoms with van der Waals surface area (Å²) in [5.41, 5.74) is 1.67. The van der Waals surface area contributed by atoms with Crippen LogP contribution in [0.1, 0.15) is 32.3 Å². The number of urea groups is 1. The van der Waals surface area contributed by atoms with Gasteiger partial charge in [-0.3, -0.25) is 15.0 Å². The molecule has 7 nitrogen and oxygen atoms in total. The maximum atomic E-state index is 12.6. The van der Waals surface area contributed by atoms with Crippen LogP contribution in [0.2, 0.25) is 0 Å². The highest BCUT2D eigenvalue weighted by Gasteiger charge is 2.50. The number of carbonyl (C=O) groups is 3. The lowest BCUT2D eigenvalue weighted by atomic mass is 9.92. The minimum absolute atomic E-state index is 0.243. The minimum Gasteiger partial charge on any atom is -0.497 e. The first-order chi connectivity index (χ1) is 10.4. The second-order valence-corrected chi connectivity index (χ2v) is 5.21. The fourth-order valence-corrected chi connectivity index (χ4v) is 2.28. The van der Waals surface area contributed by atoms with Crippen LogP contribution in [-0.4, -0.2) is 30.0 Å². The third-order valence-electron chi connectivity index (χ3n) is 3.55. The molecule has 1 fully saturated rings. The summed E-state index contributed by atoms with van der Waals surface area (Å²) in [7, 11) is 1.52. The molecule has 1 heterocycles. The Morgan fingerprint density at radius 2 is 2.14 bits per heavy atom. The summed E-state index contributed by atoms with van der Waals surface area (Å²) in [6.07, 6.45) is 0.871. The van der Waals surface area contributed by atoms with Gasteiger partial charge in [-0.2, -0.15) is 5.01 Å². The highest BCUT2D eigenvalue weighted by atomic mass is 16.5. The van der Waals surface area contributed by atoms with Gasteiger partial charge in [0.05, 0.1) is 7.11 Å². The summed E-state index contributed by atoms with van der Waals surface area (Å²) in [6, 6.07) is 6.22. The van der Waals surface area contributed by atoms with Crippen molar-refractivity contribution in [2.45, 2.75) is 32.2 Å². The fourth-order valence-electron chi connectivity index (χ4n) is 2.28. The van der Waals surface area contributed by atoms with Crippen LogP contribution in [0.15, 0.2) is 24.3 Å². The Morgan fingerprint density at radius 3 is 2.77 bits per heavy atom. The summed E-state index contributed by atoms with van der Waals surface area (Å²) >= 11 is 0. The Hall–Kier alpha value is -2.57. The van der Waals surface area contributed by atoms with Gasteiger partial charge in [0.25, 0.3) is 5.91 Å². The summed E-state index contributed by atoms with van der Waals surface area (Å²) in [6.45, 7) is 3.43. The molecular formula is C15H19N3O4. The summed E-state index contributed by atoms with van der Waals surface area (Å²) in [5, 5.41) is 3.35. The van der Waals surface area contributed by atoms with Crippen LogP contribution in [0, 0.1) is 0 Å². The zero-order valence-electron chi connectivity index (χ0n) is 12.8. The molecule has 1 aromatic carbocycles. The van der Waals surface area contributed by atoms with Gasteiger partial charge >= 0.3 is 6.03 Å². The molecule has 0 aromatic heterocycles. The van der Waals surface area contributed by atoms with Crippen LogP contribution in [0.25, 0.3) is 0 Å². The molecule has 2 N–H and O–H groups in total. The Kier molecular flexibility index (Phi) is 4.35. The maximum absolute atomic E-state index is 12.6. The largest absolute Gasteiger partial charge is 0.497 e. The van der Waals surface area contributed by atoms with Crippen molar-refractivity contribution < 1.29 is 19.1 Å². The first-order valence-corrected chi connectivity index (χ1v) is 7.03. The van der Waals surface area contributed by atoms with Crippen molar-refractivity contribution in [3.63, 3.8) is 0 Å². The monoisotopic (exact) mass is 305 g/mol. The number of hydrogen-bond acceptors (Lipinski definition) is 4. The second-order valence-electron chi connectivity index (χ2n) is 5.21. The second kappa shape index (κ2) is 6.05. The third kappa shape index (κ3) is 2.74. The minimum atomic E-state index is -1.24. The van der Waals surface area contributed by atoms with E-state index < -0.39 is 17.5 Å². The standard InChI is InChI=1S/C15H19N3O4/c1-4-6-12(19)17-18-13(20)15(2,16-14(18)21)10-7-5-8-11(9-10)22-3/h5,7-9H,4,6H2,1-3H3,(H,16,21)(H,17,19). The Balaban J connectivity index is 2.27. The SMILES string of the molecule is CCCC(=O)NN1C(=O)NC(C)(c2cccc(OC)c2)C1=O. The van der Waals surface area contributed by atoms with E-state index in [0.29, 0.717) is 17.7 Å². The van der Waals surface area contributed by atoms with Gasteiger partial charge in [0.2, 0.25) is 5.91 Å². The van der Waals surface area contributed by atoms with Gasteiger partial charge in [-0.05, 0) is 31.0 Å². The van der Waals surface area contributed by atoms with E-state index in [1.807, 2.05) is 6.92 Å². The van der Waals surface area contributed by atoms with Crippen LogP contribution in [0.5, 0.6) is 5.75 Å². The van der Waals surface area contributed by atoms with E-state index in [2.05, 4.69) is 10.7 Å². The van der Waals surface area contributed by atoms with Crippen LogP contribution < -0.4 is 15.5 Å². The average Bonchev–Trinajstić information content (AvgIpc) is 2.72. The van der Waals surface area contributed by atoms with Crippen molar-refractivity contribution in [3.8, 4) is 5.75 Å². The lowest BCUT2D eigenvalue weighted by Crippen LogP contribution is -2.47. The molecule has 1 aliphatic rings. The number of nitrogens with zero attached hydrogens (tertiary/aromatic N) is 1. The molecule has 2 rings (SSSR count). The van der Waals surface area contributed by atoms with E-state index in [1.165, 1.54) is 7.11 Å². The van der Waals surface area contributed by atoms with Crippen molar-refractivity contribution in [1.82, 2.24) is 15.8 Å². The van der Waals surface area contributed by atoms with Gasteiger partial charge in [0, 0.05) is 6.42 Å². The molecule has 0 saturated carbocycles. The topological polar surface area (TPSA) is 87.7 Å². The lowest BCUT2D eigenvalue weighted by molar-refractivity contribution is -0.139. The Morgan fingerprint density at radius 1 is 1.41 bits per heavy atom. The maximum Gasteiger partial charge on any atom is 0.344 e. The molecule has 1 unspecified atom stereocenters. The number of amides is 4. The molecule has 0 bridgehead atoms. The van der Waals surface area contributed by atoms with Crippen LogP contribution in [0.3, 0.4) is 0 Å². The molecule has 1 saturated heterocycles. The summed E-state index contributed by atoms with van der Waals surface area (Å²) < 4.78 is 5.14. The van der Waals surface area contributed by atoms with Crippen LogP contribution >= 0.6 is 0 Å². The molecule has 1 atom stereocenters. The van der Waals surface area contributed by atoms with E-state index >= 15 is 0 Å². The van der Waals surface area contributed by atoms with Gasteiger partial charge in [0.15, 0.2) is 0 Å². The number of benzene rings is 1. The molecule has 1 aliphatic heterocycles. The number of hydrazine groups is 1. The van der Waals surface area contributed by atoms with Crippen LogP contribution in [-0.2, 0) is 15.1 Å². The van der Waals surface area contributed by atoms with Crippen LogP contribution in [0.4, 0.5) is 4.79 Å². The van der Waals surface area contributed by atoms with Crippen molar-refractivity contribution in [2.24, 2.45) is 0 Å². The van der Waals surface area contributed by atoms with Crippen molar-refractivity contribution >= 4 is 17.8 Å². The number of nitrogens with one attached hydrogen (secondary N) is 2. The predicted molar refractivity (Wildman–Crippen MR) is 78.8 cm³/mol. The number of carbonyl (C=O) groups excluding carboxylic acids is 3. The number of imide groups is 1.